The van der Waals surface area contributed by atoms with Gasteiger partial charge in [0.25, 0.3) is 0 Å². The minimum absolute atomic E-state index is 0.180. The van der Waals surface area contributed by atoms with Gasteiger partial charge in [0.2, 0.25) is 0 Å². The van der Waals surface area contributed by atoms with Gasteiger partial charge in [-0.2, -0.15) is 0 Å². The summed E-state index contributed by atoms with van der Waals surface area (Å²) in [6.45, 7) is 3.84. The molecule has 100 valence electrons. The third-order valence-electron chi connectivity index (χ3n) is 2.97. The van der Waals surface area contributed by atoms with Crippen molar-refractivity contribution in [2.75, 3.05) is 32.4 Å². The molecule has 18 heavy (non-hydrogen) atoms. The van der Waals surface area contributed by atoms with Crippen molar-refractivity contribution in [3.05, 3.63) is 22.7 Å². The Bertz CT molecular complexity index is 405. The largest absolute Gasteiger partial charge is 0.495 e. The summed E-state index contributed by atoms with van der Waals surface area (Å²) in [5, 5.41) is 4.05. The summed E-state index contributed by atoms with van der Waals surface area (Å²) in [5.74, 6) is 0.748. The van der Waals surface area contributed by atoms with E-state index >= 15 is 0 Å². The quantitative estimate of drug-likeness (QED) is 0.914. The molecular formula is C13H18ClNO3. The van der Waals surface area contributed by atoms with E-state index in [4.69, 9.17) is 25.8 Å². The van der Waals surface area contributed by atoms with E-state index in [0.29, 0.717) is 11.8 Å². The minimum atomic E-state index is 0.180. The number of ether oxygens (including phenoxy) is 3. The van der Waals surface area contributed by atoms with Gasteiger partial charge in [-0.25, -0.2) is 0 Å². The average Bonchev–Trinajstić information content (AvgIpc) is 2.41. The third-order valence-corrected chi connectivity index (χ3v) is 3.38. The Kier molecular flexibility index (Phi) is 4.69. The van der Waals surface area contributed by atoms with E-state index in [1.807, 2.05) is 19.1 Å². The molecule has 1 N–H and O–H groups in total. The van der Waals surface area contributed by atoms with Crippen molar-refractivity contribution >= 4 is 17.3 Å². The standard InChI is InChI=1S/C13H18ClNO3/c1-9-5-12(13(16-2)6-11(9)14)15-7-10-3-4-17-8-18-10/h5-6,10,15H,3-4,7-8H2,1-2H3. The molecule has 0 aromatic heterocycles. The van der Waals surface area contributed by atoms with Crippen LogP contribution in [0.3, 0.4) is 0 Å². The summed E-state index contributed by atoms with van der Waals surface area (Å²) in [6, 6.07) is 3.81. The van der Waals surface area contributed by atoms with Crippen molar-refractivity contribution in [1.29, 1.82) is 0 Å². The minimum Gasteiger partial charge on any atom is -0.495 e. The third kappa shape index (κ3) is 3.28. The lowest BCUT2D eigenvalue weighted by molar-refractivity contribution is -0.133. The second-order valence-electron chi connectivity index (χ2n) is 4.29. The van der Waals surface area contributed by atoms with Gasteiger partial charge in [0.1, 0.15) is 12.5 Å². The van der Waals surface area contributed by atoms with Gasteiger partial charge in [0.15, 0.2) is 0 Å². The fourth-order valence-corrected chi connectivity index (χ4v) is 2.01. The molecule has 0 amide bonds. The summed E-state index contributed by atoms with van der Waals surface area (Å²) < 4.78 is 15.9. The van der Waals surface area contributed by atoms with E-state index < -0.39 is 0 Å². The van der Waals surface area contributed by atoms with Gasteiger partial charge in [-0.15, -0.1) is 0 Å². The van der Waals surface area contributed by atoms with E-state index in [1.165, 1.54) is 0 Å². The Morgan fingerprint density at radius 2 is 2.33 bits per heavy atom. The van der Waals surface area contributed by atoms with E-state index in [2.05, 4.69) is 5.32 Å². The molecular weight excluding hydrogens is 254 g/mol. The van der Waals surface area contributed by atoms with Crippen molar-refractivity contribution in [3.8, 4) is 5.75 Å². The van der Waals surface area contributed by atoms with E-state index in [1.54, 1.807) is 7.11 Å². The van der Waals surface area contributed by atoms with E-state index in [-0.39, 0.29) is 6.10 Å². The van der Waals surface area contributed by atoms with Crippen LogP contribution in [-0.4, -0.2) is 33.2 Å². The maximum Gasteiger partial charge on any atom is 0.147 e. The van der Waals surface area contributed by atoms with Crippen molar-refractivity contribution in [2.45, 2.75) is 19.4 Å². The Hall–Kier alpha value is -0.970. The second kappa shape index (κ2) is 6.27. The van der Waals surface area contributed by atoms with Crippen LogP contribution in [0, 0.1) is 6.92 Å². The maximum atomic E-state index is 6.06. The number of anilines is 1. The zero-order chi connectivity index (χ0) is 13.0. The lowest BCUT2D eigenvalue weighted by Gasteiger charge is -2.24. The van der Waals surface area contributed by atoms with Crippen molar-refractivity contribution in [2.24, 2.45) is 0 Å². The number of methoxy groups -OCH3 is 1. The highest BCUT2D eigenvalue weighted by Gasteiger charge is 2.15. The lowest BCUT2D eigenvalue weighted by atomic mass is 10.2. The van der Waals surface area contributed by atoms with Gasteiger partial charge in [-0.3, -0.25) is 0 Å². The first kappa shape index (κ1) is 13.5. The fourth-order valence-electron chi connectivity index (χ4n) is 1.86. The van der Waals surface area contributed by atoms with Crippen LogP contribution in [-0.2, 0) is 9.47 Å². The number of hydrogen-bond donors (Lipinski definition) is 1. The molecule has 1 heterocycles. The molecule has 1 aliphatic heterocycles. The fraction of sp³-hybridized carbons (Fsp3) is 0.538. The summed E-state index contributed by atoms with van der Waals surface area (Å²) in [5.41, 5.74) is 1.96. The molecule has 1 aliphatic rings. The Morgan fingerprint density at radius 1 is 1.50 bits per heavy atom. The molecule has 0 aliphatic carbocycles. The van der Waals surface area contributed by atoms with Crippen LogP contribution < -0.4 is 10.1 Å². The van der Waals surface area contributed by atoms with Crippen LogP contribution in [0.4, 0.5) is 5.69 Å². The van der Waals surface area contributed by atoms with Crippen molar-refractivity contribution in [1.82, 2.24) is 0 Å². The topological polar surface area (TPSA) is 39.7 Å². The molecule has 0 spiro atoms. The predicted molar refractivity (Wildman–Crippen MR) is 71.5 cm³/mol. The highest BCUT2D eigenvalue weighted by Crippen LogP contribution is 2.31. The van der Waals surface area contributed by atoms with Crippen LogP contribution >= 0.6 is 11.6 Å². The maximum absolute atomic E-state index is 6.06. The van der Waals surface area contributed by atoms with Crippen molar-refractivity contribution < 1.29 is 14.2 Å². The zero-order valence-corrected chi connectivity index (χ0v) is 11.4. The first-order valence-electron chi connectivity index (χ1n) is 5.98. The summed E-state index contributed by atoms with van der Waals surface area (Å²) in [7, 11) is 1.64. The molecule has 1 fully saturated rings. The number of halogens is 1. The summed E-state index contributed by atoms with van der Waals surface area (Å²) in [6.07, 6.45) is 1.08. The van der Waals surface area contributed by atoms with Crippen LogP contribution in [0.1, 0.15) is 12.0 Å². The first-order valence-corrected chi connectivity index (χ1v) is 6.36. The summed E-state index contributed by atoms with van der Waals surface area (Å²) >= 11 is 6.06. The number of hydrogen-bond acceptors (Lipinski definition) is 4. The molecule has 1 saturated heterocycles. The Balaban J connectivity index is 2.01. The Labute approximate surface area is 112 Å². The van der Waals surface area contributed by atoms with Crippen LogP contribution in [0.15, 0.2) is 12.1 Å². The van der Waals surface area contributed by atoms with Crippen LogP contribution in [0.5, 0.6) is 5.75 Å². The second-order valence-corrected chi connectivity index (χ2v) is 4.69. The Morgan fingerprint density at radius 3 is 3.00 bits per heavy atom. The highest BCUT2D eigenvalue weighted by molar-refractivity contribution is 6.31. The molecule has 4 nitrogen and oxygen atoms in total. The molecule has 0 radical (unpaired) electrons. The van der Waals surface area contributed by atoms with Gasteiger partial charge in [0.05, 0.1) is 25.5 Å². The molecule has 2 rings (SSSR count). The molecule has 5 heteroatoms. The first-order chi connectivity index (χ1) is 8.70. The van der Waals surface area contributed by atoms with Gasteiger partial charge in [-0.05, 0) is 25.0 Å². The predicted octanol–water partition coefficient (Wildman–Crippen LogP) is 2.83. The smallest absolute Gasteiger partial charge is 0.147 e. The van der Waals surface area contributed by atoms with Gasteiger partial charge >= 0.3 is 0 Å². The molecule has 1 aromatic rings. The van der Waals surface area contributed by atoms with Gasteiger partial charge < -0.3 is 19.5 Å². The lowest BCUT2D eigenvalue weighted by Crippen LogP contribution is -2.30. The van der Waals surface area contributed by atoms with Crippen LogP contribution in [0.2, 0.25) is 5.02 Å². The van der Waals surface area contributed by atoms with E-state index in [0.717, 1.165) is 36.6 Å². The monoisotopic (exact) mass is 271 g/mol. The number of nitrogens with one attached hydrogen (secondary N) is 1. The average molecular weight is 272 g/mol. The zero-order valence-electron chi connectivity index (χ0n) is 10.7. The van der Waals surface area contributed by atoms with Gasteiger partial charge in [0, 0.05) is 17.6 Å². The number of aryl methyl sites for hydroxylation is 1. The molecule has 0 saturated carbocycles. The molecule has 1 unspecified atom stereocenters. The van der Waals surface area contributed by atoms with E-state index in [9.17, 15) is 0 Å². The SMILES string of the molecule is COc1cc(Cl)c(C)cc1NCC1CCOCO1. The number of rotatable bonds is 4. The van der Waals surface area contributed by atoms with Crippen LogP contribution in [0.25, 0.3) is 0 Å². The molecule has 1 atom stereocenters. The number of benzene rings is 1. The molecule has 0 bridgehead atoms. The highest BCUT2D eigenvalue weighted by atomic mass is 35.5. The normalized spacial score (nSPS) is 19.6. The van der Waals surface area contributed by atoms with Gasteiger partial charge in [-0.1, -0.05) is 11.6 Å². The summed E-state index contributed by atoms with van der Waals surface area (Å²) in [4.78, 5) is 0. The van der Waals surface area contributed by atoms with Crippen molar-refractivity contribution in [3.63, 3.8) is 0 Å². The molecule has 1 aromatic carbocycles.